The third kappa shape index (κ3) is 5.08. The van der Waals surface area contributed by atoms with Gasteiger partial charge in [-0.15, -0.1) is 59.2 Å². The standard InChI is InChI=1S/C25H20N.C17H10NS.Ir/c1-16-7-6-9-18(15-16)24-23-21(13-14-26-24)20-12-11-17-8-4-5-10-19(17)22(20)25(23,2)3;1-2-7-16-13(5-1)14-11-12(8-9-17(14)19-16)15-6-3-4-10-18-15;/h4-8,10-15H,1-3H3;1-7,9-11H;/q2*-1;. The Bertz CT molecular complexity index is 2370. The van der Waals surface area contributed by atoms with Crippen molar-refractivity contribution in [1.82, 2.24) is 9.97 Å². The Morgan fingerprint density at radius 1 is 0.630 bits per heavy atom. The Kier molecular flexibility index (Phi) is 7.90. The molecule has 1 radical (unpaired) electrons. The fourth-order valence-electron chi connectivity index (χ4n) is 6.87. The molecule has 3 aromatic heterocycles. The summed E-state index contributed by atoms with van der Waals surface area (Å²) in [6.07, 6.45) is 3.75. The molecule has 8 aromatic rings. The van der Waals surface area contributed by atoms with Gasteiger partial charge in [-0.2, -0.15) is 11.3 Å². The fraction of sp³-hybridized carbons (Fsp3) is 0.0952. The van der Waals surface area contributed by atoms with Crippen molar-refractivity contribution in [3.8, 4) is 33.6 Å². The molecule has 0 saturated heterocycles. The van der Waals surface area contributed by atoms with E-state index in [1.54, 1.807) is 0 Å². The van der Waals surface area contributed by atoms with Crippen molar-refractivity contribution in [3.05, 3.63) is 156 Å². The van der Waals surface area contributed by atoms with Crippen LogP contribution in [0, 0.1) is 19.1 Å². The third-order valence-electron chi connectivity index (χ3n) is 8.88. The van der Waals surface area contributed by atoms with Gasteiger partial charge in [0.25, 0.3) is 0 Å². The molecule has 225 valence electrons. The molecule has 2 nitrogen and oxygen atoms in total. The maximum atomic E-state index is 4.79. The summed E-state index contributed by atoms with van der Waals surface area (Å²) >= 11 is 1.81. The van der Waals surface area contributed by atoms with Gasteiger partial charge in [-0.05, 0) is 72.7 Å². The molecule has 0 amide bonds. The first-order valence-corrected chi connectivity index (χ1v) is 16.1. The van der Waals surface area contributed by atoms with Crippen LogP contribution in [0.15, 0.2) is 128 Å². The minimum Gasteiger partial charge on any atom is -0.305 e. The average Bonchev–Trinajstić information content (AvgIpc) is 3.57. The molecular formula is C42H30IrN2S-2. The second kappa shape index (κ2) is 12.0. The zero-order chi connectivity index (χ0) is 30.5. The molecular weight excluding hydrogens is 757 g/mol. The quantitative estimate of drug-likeness (QED) is 0.163. The average molecular weight is 787 g/mol. The van der Waals surface area contributed by atoms with Crippen molar-refractivity contribution in [1.29, 1.82) is 0 Å². The molecule has 0 unspecified atom stereocenters. The van der Waals surface area contributed by atoms with Crippen LogP contribution in [-0.2, 0) is 25.5 Å². The van der Waals surface area contributed by atoms with Crippen LogP contribution in [0.1, 0.15) is 30.5 Å². The Morgan fingerprint density at radius 3 is 2.24 bits per heavy atom. The minimum absolute atomic E-state index is 0. The van der Waals surface area contributed by atoms with Gasteiger partial charge in [-0.3, -0.25) is 0 Å². The van der Waals surface area contributed by atoms with Crippen LogP contribution in [0.5, 0.6) is 0 Å². The summed E-state index contributed by atoms with van der Waals surface area (Å²) in [7, 11) is 0. The predicted octanol–water partition coefficient (Wildman–Crippen LogP) is 11.2. The van der Waals surface area contributed by atoms with Crippen molar-refractivity contribution < 1.29 is 20.1 Å². The Labute approximate surface area is 287 Å². The topological polar surface area (TPSA) is 25.8 Å². The molecule has 1 aliphatic carbocycles. The maximum Gasteiger partial charge on any atom is 0.0239 e. The molecule has 0 bridgehead atoms. The van der Waals surface area contributed by atoms with Crippen LogP contribution in [0.2, 0.25) is 0 Å². The van der Waals surface area contributed by atoms with Gasteiger partial charge in [0.1, 0.15) is 0 Å². The van der Waals surface area contributed by atoms with E-state index in [9.17, 15) is 0 Å². The largest absolute Gasteiger partial charge is 0.305 e. The summed E-state index contributed by atoms with van der Waals surface area (Å²) in [5.74, 6) is 0. The molecule has 3 heterocycles. The minimum atomic E-state index is -0.104. The first-order valence-electron chi connectivity index (χ1n) is 15.2. The zero-order valence-electron chi connectivity index (χ0n) is 25.8. The van der Waals surface area contributed by atoms with Crippen LogP contribution >= 0.6 is 11.3 Å². The summed E-state index contributed by atoms with van der Waals surface area (Å²) in [6, 6.07) is 47.1. The first kappa shape index (κ1) is 30.2. The van der Waals surface area contributed by atoms with Gasteiger partial charge in [-0.1, -0.05) is 92.9 Å². The predicted molar refractivity (Wildman–Crippen MR) is 190 cm³/mol. The van der Waals surface area contributed by atoms with Crippen molar-refractivity contribution >= 4 is 42.3 Å². The Morgan fingerprint density at radius 2 is 1.41 bits per heavy atom. The van der Waals surface area contributed by atoms with Gasteiger partial charge in [0.15, 0.2) is 0 Å². The van der Waals surface area contributed by atoms with Gasteiger partial charge in [0.2, 0.25) is 0 Å². The molecule has 0 fully saturated rings. The van der Waals surface area contributed by atoms with E-state index in [1.807, 2.05) is 48.0 Å². The van der Waals surface area contributed by atoms with Crippen LogP contribution in [0.25, 0.3) is 64.6 Å². The smallest absolute Gasteiger partial charge is 0.0239 e. The normalized spacial score (nSPS) is 12.7. The number of fused-ring (bicyclic) bond motifs is 8. The molecule has 0 aliphatic heterocycles. The number of benzene rings is 5. The van der Waals surface area contributed by atoms with E-state index < -0.39 is 0 Å². The van der Waals surface area contributed by atoms with E-state index in [1.165, 1.54) is 58.8 Å². The fourth-order valence-corrected chi connectivity index (χ4v) is 7.94. The monoisotopic (exact) mass is 787 g/mol. The molecule has 5 aromatic carbocycles. The van der Waals surface area contributed by atoms with Crippen LogP contribution in [0.3, 0.4) is 0 Å². The van der Waals surface area contributed by atoms with Gasteiger partial charge < -0.3 is 9.97 Å². The number of pyridine rings is 2. The van der Waals surface area contributed by atoms with Gasteiger partial charge in [-0.25, -0.2) is 0 Å². The number of aromatic nitrogens is 2. The van der Waals surface area contributed by atoms with E-state index in [-0.39, 0.29) is 25.5 Å². The Hall–Kier alpha value is -4.47. The molecule has 0 atom stereocenters. The summed E-state index contributed by atoms with van der Waals surface area (Å²) in [5, 5.41) is 5.24. The number of nitrogens with zero attached hydrogens (tertiary/aromatic N) is 2. The molecule has 0 saturated carbocycles. The number of rotatable bonds is 2. The number of aryl methyl sites for hydroxylation is 1. The van der Waals surface area contributed by atoms with Crippen molar-refractivity contribution in [2.24, 2.45) is 0 Å². The van der Waals surface area contributed by atoms with Crippen LogP contribution < -0.4 is 0 Å². The van der Waals surface area contributed by atoms with Crippen molar-refractivity contribution in [2.45, 2.75) is 26.2 Å². The Balaban J connectivity index is 0.000000150. The van der Waals surface area contributed by atoms with E-state index in [0.717, 1.165) is 22.5 Å². The van der Waals surface area contributed by atoms with E-state index >= 15 is 0 Å². The number of thiophene rings is 1. The third-order valence-corrected chi connectivity index (χ3v) is 10.0. The summed E-state index contributed by atoms with van der Waals surface area (Å²) in [4.78, 5) is 9.18. The maximum absolute atomic E-state index is 4.79. The first-order chi connectivity index (χ1) is 22.0. The molecule has 0 N–H and O–H groups in total. The van der Waals surface area contributed by atoms with Crippen molar-refractivity contribution in [3.63, 3.8) is 0 Å². The van der Waals surface area contributed by atoms with Gasteiger partial charge >= 0.3 is 0 Å². The SMILES string of the molecule is Cc1cc[c-]c(-c2nccc3c2C(C)(C)c2c-3ccc3ccccc23)c1.[Ir].[c-]1cc2sc3ccccc3c2cc1-c1ccccn1. The van der Waals surface area contributed by atoms with Gasteiger partial charge in [0.05, 0.1) is 0 Å². The molecule has 1 aliphatic rings. The second-order valence-corrected chi connectivity index (χ2v) is 13.2. The van der Waals surface area contributed by atoms with Gasteiger partial charge in [0, 0.05) is 42.6 Å². The second-order valence-electron chi connectivity index (χ2n) is 12.1. The summed E-state index contributed by atoms with van der Waals surface area (Å²) < 4.78 is 2.60. The molecule has 4 heteroatoms. The summed E-state index contributed by atoms with van der Waals surface area (Å²) in [6.45, 7) is 6.77. The summed E-state index contributed by atoms with van der Waals surface area (Å²) in [5.41, 5.74) is 10.6. The number of hydrogen-bond donors (Lipinski definition) is 0. The molecule has 0 spiro atoms. The van der Waals surface area contributed by atoms with E-state index in [0.29, 0.717) is 0 Å². The molecule has 9 rings (SSSR count). The zero-order valence-corrected chi connectivity index (χ0v) is 29.0. The van der Waals surface area contributed by atoms with E-state index in [2.05, 4.69) is 129 Å². The van der Waals surface area contributed by atoms with E-state index in [4.69, 9.17) is 4.98 Å². The van der Waals surface area contributed by atoms with Crippen LogP contribution in [-0.4, -0.2) is 9.97 Å². The van der Waals surface area contributed by atoms with Crippen LogP contribution in [0.4, 0.5) is 0 Å². The molecule has 46 heavy (non-hydrogen) atoms. The van der Waals surface area contributed by atoms with Crippen molar-refractivity contribution in [2.75, 3.05) is 0 Å². The number of hydrogen-bond acceptors (Lipinski definition) is 3.